The Morgan fingerprint density at radius 2 is 1.93 bits per heavy atom. The van der Waals surface area contributed by atoms with Crippen LogP contribution in [0, 0.1) is 11.2 Å². The average molecular weight is 591 g/mol. The number of benzene rings is 2. The van der Waals surface area contributed by atoms with E-state index in [0.29, 0.717) is 24.7 Å². The van der Waals surface area contributed by atoms with Crippen LogP contribution < -0.4 is 14.5 Å². The molecule has 4 heterocycles. The summed E-state index contributed by atoms with van der Waals surface area (Å²) in [5, 5.41) is 9.98. The highest BCUT2D eigenvalue weighted by Gasteiger charge is 2.44. The molecule has 2 atom stereocenters. The van der Waals surface area contributed by atoms with Crippen LogP contribution in [0.5, 0.6) is 11.5 Å². The van der Waals surface area contributed by atoms with Crippen molar-refractivity contribution < 1.29 is 23.8 Å². The summed E-state index contributed by atoms with van der Waals surface area (Å²) in [7, 11) is 1.69. The number of hydrogen-bond donors (Lipinski definition) is 1. The van der Waals surface area contributed by atoms with Crippen LogP contribution in [0.3, 0.4) is 0 Å². The number of likely N-dealkylation sites (tertiary alicyclic amines) is 1. The first-order valence-electron chi connectivity index (χ1n) is 14.9. The fourth-order valence-electron chi connectivity index (χ4n) is 6.30. The number of aliphatic hydroxyl groups is 1. The van der Waals surface area contributed by atoms with Crippen LogP contribution in [-0.2, 0) is 11.3 Å². The molecule has 3 aliphatic rings. The molecule has 3 fully saturated rings. The van der Waals surface area contributed by atoms with E-state index in [4.69, 9.17) is 9.47 Å². The van der Waals surface area contributed by atoms with Crippen LogP contribution in [0.15, 0.2) is 55.0 Å². The molecule has 1 spiro atoms. The van der Waals surface area contributed by atoms with Gasteiger partial charge in [-0.05, 0) is 69.1 Å². The van der Waals surface area contributed by atoms with E-state index in [1.807, 2.05) is 30.9 Å². The minimum atomic E-state index is -0.873. The zero-order valence-electron chi connectivity index (χ0n) is 24.9. The maximum Gasteiger partial charge on any atom is 0.257 e. The van der Waals surface area contributed by atoms with Gasteiger partial charge in [0.15, 0.2) is 11.6 Å². The number of amides is 1. The van der Waals surface area contributed by atoms with Crippen molar-refractivity contribution in [2.24, 2.45) is 5.41 Å². The number of hydrogen-bond acceptors (Lipinski definition) is 9. The Kier molecular flexibility index (Phi) is 8.21. The van der Waals surface area contributed by atoms with Crippen molar-refractivity contribution in [1.29, 1.82) is 0 Å². The third kappa shape index (κ3) is 6.15. The van der Waals surface area contributed by atoms with Crippen molar-refractivity contribution in [1.82, 2.24) is 19.8 Å². The highest BCUT2D eigenvalue weighted by molar-refractivity contribution is 5.97. The first-order valence-corrected chi connectivity index (χ1v) is 14.9. The molecule has 10 nitrogen and oxygen atoms in total. The predicted octanol–water partition coefficient (Wildman–Crippen LogP) is 4.10. The lowest BCUT2D eigenvalue weighted by molar-refractivity contribution is -0.0573. The van der Waals surface area contributed by atoms with Gasteiger partial charge in [-0.15, -0.1) is 0 Å². The molecule has 1 aromatic heterocycles. The molecule has 0 saturated carbocycles. The summed E-state index contributed by atoms with van der Waals surface area (Å²) in [6.07, 6.45) is 4.38. The van der Waals surface area contributed by atoms with E-state index in [0.717, 1.165) is 51.3 Å². The summed E-state index contributed by atoms with van der Waals surface area (Å²) in [4.78, 5) is 30.0. The molecule has 6 rings (SSSR count). The van der Waals surface area contributed by atoms with Crippen LogP contribution in [0.4, 0.5) is 15.9 Å². The molecule has 1 amide bonds. The molecule has 1 N–H and O–H groups in total. The largest absolute Gasteiger partial charge is 0.451 e. The number of ether oxygens (including phenoxy) is 2. The molecular formula is C32H39FN6O4. The number of carbonyl (C=O) groups excluding carboxylic acids is 1. The predicted molar refractivity (Wildman–Crippen MR) is 161 cm³/mol. The fourth-order valence-corrected chi connectivity index (χ4v) is 6.30. The van der Waals surface area contributed by atoms with E-state index in [1.165, 1.54) is 30.1 Å². The van der Waals surface area contributed by atoms with Crippen LogP contribution in [0.2, 0.25) is 0 Å². The number of aromatic nitrogens is 2. The molecule has 43 heavy (non-hydrogen) atoms. The first-order chi connectivity index (χ1) is 20.7. The maximum atomic E-state index is 14.2. The number of anilines is 2. The number of carbonyl (C=O) groups is 1. The van der Waals surface area contributed by atoms with Crippen LogP contribution in [0.1, 0.15) is 42.6 Å². The van der Waals surface area contributed by atoms with E-state index in [-0.39, 0.29) is 28.7 Å². The molecule has 0 radical (unpaired) electrons. The molecule has 3 aliphatic heterocycles. The van der Waals surface area contributed by atoms with Crippen molar-refractivity contribution in [3.8, 4) is 11.5 Å². The average Bonchev–Trinajstić information content (AvgIpc) is 3.74. The number of nitrogens with zero attached hydrogens (tertiary/aromatic N) is 6. The Balaban J connectivity index is 1.12. The quantitative estimate of drug-likeness (QED) is 0.416. The molecule has 0 aliphatic carbocycles. The van der Waals surface area contributed by atoms with Gasteiger partial charge in [-0.1, -0.05) is 12.1 Å². The summed E-state index contributed by atoms with van der Waals surface area (Å²) < 4.78 is 25.7. The second kappa shape index (κ2) is 12.1. The summed E-state index contributed by atoms with van der Waals surface area (Å²) in [6, 6.07) is 12.3. The molecule has 11 heteroatoms. The second-order valence-electron chi connectivity index (χ2n) is 12.2. The van der Waals surface area contributed by atoms with Gasteiger partial charge in [0.1, 0.15) is 17.9 Å². The molecule has 0 bridgehead atoms. The highest BCUT2D eigenvalue weighted by Crippen LogP contribution is 2.43. The van der Waals surface area contributed by atoms with Crippen molar-refractivity contribution >= 4 is 17.4 Å². The number of halogens is 1. The van der Waals surface area contributed by atoms with Gasteiger partial charge in [0, 0.05) is 56.9 Å². The van der Waals surface area contributed by atoms with Crippen LogP contribution >= 0.6 is 0 Å². The van der Waals surface area contributed by atoms with Gasteiger partial charge in [-0.3, -0.25) is 9.69 Å². The number of aliphatic hydroxyl groups excluding tert-OH is 1. The van der Waals surface area contributed by atoms with Crippen molar-refractivity contribution in [2.75, 3.05) is 56.2 Å². The summed E-state index contributed by atoms with van der Waals surface area (Å²) in [5.74, 6) is 0.574. The minimum absolute atomic E-state index is 0.0515. The smallest absolute Gasteiger partial charge is 0.257 e. The standard InChI is InChI=1S/C32H39FN6O4/c1-22(2)36(3)30(40)26-16-24(33)6-9-27(26)43-28-17-34-21-35-29(28)38-13-11-32(20-38)10-12-37(19-32)18-23-4-7-25(8-5-23)39-14-15-42-31(39)41/h4-9,16-17,21-22,31,41H,10-15,18-20H2,1-3H3. The van der Waals surface area contributed by atoms with Gasteiger partial charge in [0.25, 0.3) is 5.91 Å². The SMILES string of the molecule is CC(C)N(C)C(=O)c1cc(F)ccc1Oc1cncnc1N1CCC2(CCN(Cc3ccc(N4CCOC4O)cc3)C2)C1. The minimum Gasteiger partial charge on any atom is -0.451 e. The first kappa shape index (κ1) is 29.3. The lowest BCUT2D eigenvalue weighted by Gasteiger charge is -2.26. The molecule has 228 valence electrons. The van der Waals surface area contributed by atoms with E-state index in [9.17, 15) is 14.3 Å². The fraction of sp³-hybridized carbons (Fsp3) is 0.469. The second-order valence-corrected chi connectivity index (χ2v) is 12.2. The molecule has 3 saturated heterocycles. The van der Waals surface area contributed by atoms with E-state index in [2.05, 4.69) is 31.9 Å². The third-order valence-corrected chi connectivity index (χ3v) is 8.94. The zero-order valence-corrected chi connectivity index (χ0v) is 24.9. The summed E-state index contributed by atoms with van der Waals surface area (Å²) in [5.41, 5.74) is 2.51. The molecular weight excluding hydrogens is 551 g/mol. The van der Waals surface area contributed by atoms with E-state index >= 15 is 0 Å². The zero-order chi connectivity index (χ0) is 30.1. The van der Waals surface area contributed by atoms with E-state index < -0.39 is 12.2 Å². The maximum absolute atomic E-state index is 14.2. The molecule has 3 aromatic rings. The Morgan fingerprint density at radius 1 is 1.14 bits per heavy atom. The molecule has 2 aromatic carbocycles. The van der Waals surface area contributed by atoms with Crippen LogP contribution in [-0.4, -0.2) is 89.6 Å². The van der Waals surface area contributed by atoms with Gasteiger partial charge in [0.2, 0.25) is 6.41 Å². The van der Waals surface area contributed by atoms with E-state index in [1.54, 1.807) is 18.1 Å². The molecule has 2 unspecified atom stereocenters. The van der Waals surface area contributed by atoms with Gasteiger partial charge in [0.05, 0.1) is 18.4 Å². The normalized spacial score (nSPS) is 22.2. The number of rotatable bonds is 8. The van der Waals surface area contributed by atoms with Crippen molar-refractivity contribution in [3.63, 3.8) is 0 Å². The van der Waals surface area contributed by atoms with Crippen molar-refractivity contribution in [3.05, 3.63) is 71.9 Å². The summed E-state index contributed by atoms with van der Waals surface area (Å²) >= 11 is 0. The Morgan fingerprint density at radius 3 is 2.67 bits per heavy atom. The van der Waals surface area contributed by atoms with Gasteiger partial charge >= 0.3 is 0 Å². The lowest BCUT2D eigenvalue weighted by atomic mass is 9.86. The summed E-state index contributed by atoms with van der Waals surface area (Å²) in [6.45, 7) is 9.58. The van der Waals surface area contributed by atoms with Crippen LogP contribution in [0.25, 0.3) is 0 Å². The van der Waals surface area contributed by atoms with Gasteiger partial charge in [-0.25, -0.2) is 14.4 Å². The van der Waals surface area contributed by atoms with Gasteiger partial charge in [-0.2, -0.15) is 0 Å². The monoisotopic (exact) mass is 590 g/mol. The van der Waals surface area contributed by atoms with Crippen molar-refractivity contribution in [2.45, 2.75) is 45.7 Å². The Hall–Kier alpha value is -3.80. The lowest BCUT2D eigenvalue weighted by Crippen LogP contribution is -2.33. The topological polar surface area (TPSA) is 94.5 Å². The Labute approximate surface area is 251 Å². The highest BCUT2D eigenvalue weighted by atomic mass is 19.1. The Bertz CT molecular complexity index is 1460. The third-order valence-electron chi connectivity index (χ3n) is 8.94. The van der Waals surface area contributed by atoms with Gasteiger partial charge < -0.3 is 29.3 Å².